The second kappa shape index (κ2) is 17.2. The quantitative estimate of drug-likeness (QED) is 0.184. The number of hydrogen-bond acceptors (Lipinski definition) is 5. The first-order valence-electron chi connectivity index (χ1n) is 9.45. The Kier molecular flexibility index (Phi) is 18.1. The lowest BCUT2D eigenvalue weighted by atomic mass is 10.1. The molecule has 0 atom stereocenters. The first-order chi connectivity index (χ1) is 12.6. The molecule has 0 saturated heterocycles. The van der Waals surface area contributed by atoms with Crippen molar-refractivity contribution >= 4 is 16.1 Å². The number of nitrogens with two attached hydrogens (primary N) is 1. The Morgan fingerprint density at radius 1 is 0.889 bits per heavy atom. The van der Waals surface area contributed by atoms with Gasteiger partial charge in [-0.25, -0.2) is 0 Å². The van der Waals surface area contributed by atoms with Crippen LogP contribution in [0.3, 0.4) is 0 Å². The van der Waals surface area contributed by atoms with Crippen molar-refractivity contribution in [1.82, 2.24) is 0 Å². The van der Waals surface area contributed by atoms with Crippen LogP contribution in [0.4, 0.5) is 13.2 Å². The molecule has 0 aromatic rings. The number of hydrogen-bond donors (Lipinski definition) is 2. The molecular formula is C17H34F3NO5S. The minimum atomic E-state index is -5.84. The molecule has 27 heavy (non-hydrogen) atoms. The number of alkyl halides is 3. The van der Waals surface area contributed by atoms with Crippen molar-refractivity contribution in [1.29, 1.82) is 0 Å². The Morgan fingerprint density at radius 2 is 1.22 bits per heavy atom. The number of halogens is 3. The van der Waals surface area contributed by atoms with E-state index in [-0.39, 0.29) is 12.5 Å². The van der Waals surface area contributed by atoms with Crippen LogP contribution in [0.5, 0.6) is 0 Å². The van der Waals surface area contributed by atoms with Crippen molar-refractivity contribution in [3.63, 3.8) is 0 Å². The van der Waals surface area contributed by atoms with Crippen LogP contribution < -0.4 is 5.73 Å². The summed E-state index contributed by atoms with van der Waals surface area (Å²) in [5.41, 5.74) is -0.390. The Hall–Kier alpha value is -0.870. The first-order valence-corrected chi connectivity index (χ1v) is 10.9. The van der Waals surface area contributed by atoms with Crippen molar-refractivity contribution in [3.8, 4) is 0 Å². The van der Waals surface area contributed by atoms with Crippen LogP contribution in [0.15, 0.2) is 0 Å². The second-order valence-corrected chi connectivity index (χ2v) is 7.65. The van der Waals surface area contributed by atoms with E-state index in [4.69, 9.17) is 23.4 Å². The summed E-state index contributed by atoms with van der Waals surface area (Å²) in [5.74, 6) is -0.289. The van der Waals surface area contributed by atoms with E-state index in [2.05, 4.69) is 6.92 Å². The minimum absolute atomic E-state index is 0.00173. The maximum Gasteiger partial charge on any atom is 0.522 e. The van der Waals surface area contributed by atoms with Crippen LogP contribution in [0, 0.1) is 0 Å². The predicted molar refractivity (Wildman–Crippen MR) is 98.7 cm³/mol. The highest BCUT2D eigenvalue weighted by Crippen LogP contribution is 2.20. The number of esters is 1. The normalized spacial score (nSPS) is 11.6. The number of ether oxygens (including phenoxy) is 1. The summed E-state index contributed by atoms with van der Waals surface area (Å²) in [4.78, 5) is 10.8. The third kappa shape index (κ3) is 21.3. The summed E-state index contributed by atoms with van der Waals surface area (Å²) < 4.78 is 62.5. The van der Waals surface area contributed by atoms with Gasteiger partial charge < -0.3 is 10.5 Å². The molecule has 0 aliphatic heterocycles. The minimum Gasteiger partial charge on any atom is -0.465 e. The summed E-state index contributed by atoms with van der Waals surface area (Å²) in [7, 11) is -5.84. The highest BCUT2D eigenvalue weighted by atomic mass is 32.2. The summed E-state index contributed by atoms with van der Waals surface area (Å²) in [5, 5.41) is 0. The van der Waals surface area contributed by atoms with Crippen molar-refractivity contribution in [3.05, 3.63) is 0 Å². The maximum absolute atomic E-state index is 10.8. The molecule has 0 bridgehead atoms. The van der Waals surface area contributed by atoms with E-state index in [1.165, 1.54) is 64.2 Å². The Bertz CT molecular complexity index is 456. The molecule has 164 valence electrons. The van der Waals surface area contributed by atoms with Gasteiger partial charge in [-0.15, -0.1) is 0 Å². The van der Waals surface area contributed by atoms with Gasteiger partial charge in [-0.1, -0.05) is 77.6 Å². The van der Waals surface area contributed by atoms with E-state index in [0.29, 0.717) is 6.61 Å². The number of carbonyl (C=O) groups is 1. The average molecular weight is 422 g/mol. The largest absolute Gasteiger partial charge is 0.522 e. The molecule has 0 unspecified atom stereocenters. The molecule has 0 aromatic heterocycles. The number of rotatable bonds is 14. The zero-order valence-corrected chi connectivity index (χ0v) is 16.9. The van der Waals surface area contributed by atoms with Crippen LogP contribution >= 0.6 is 0 Å². The van der Waals surface area contributed by atoms with Gasteiger partial charge >= 0.3 is 21.6 Å². The molecule has 0 saturated carbocycles. The number of carbonyl (C=O) groups excluding carboxylic acids is 1. The highest BCUT2D eigenvalue weighted by molar-refractivity contribution is 7.86. The molecule has 0 fully saturated rings. The lowest BCUT2D eigenvalue weighted by Crippen LogP contribution is -2.21. The summed E-state index contributed by atoms with van der Waals surface area (Å²) >= 11 is 0. The van der Waals surface area contributed by atoms with Gasteiger partial charge in [0.2, 0.25) is 0 Å². The van der Waals surface area contributed by atoms with Gasteiger partial charge in [0.05, 0.1) is 13.2 Å². The van der Waals surface area contributed by atoms with Crippen LogP contribution in [0.2, 0.25) is 0 Å². The van der Waals surface area contributed by atoms with Crippen LogP contribution in [0.1, 0.15) is 84.0 Å². The van der Waals surface area contributed by atoms with Crippen molar-refractivity contribution in [2.45, 2.75) is 89.5 Å². The lowest BCUT2D eigenvalue weighted by molar-refractivity contribution is -0.142. The Balaban J connectivity index is 0. The molecule has 0 radical (unpaired) electrons. The molecular weight excluding hydrogens is 387 g/mol. The van der Waals surface area contributed by atoms with E-state index in [9.17, 15) is 18.0 Å². The van der Waals surface area contributed by atoms with Crippen molar-refractivity contribution in [2.75, 3.05) is 13.2 Å². The number of unbranched alkanes of at least 4 members (excludes halogenated alkanes) is 11. The fraction of sp³-hybridized carbons (Fsp3) is 0.941. The zero-order chi connectivity index (χ0) is 21.2. The highest BCUT2D eigenvalue weighted by Gasteiger charge is 2.44. The SMILES string of the molecule is CCCCCCCCCCCCCCOC(=O)CN.O=S(=O)(O)C(F)(F)F. The predicted octanol–water partition coefficient (Wildman–Crippen LogP) is 4.58. The molecule has 6 nitrogen and oxygen atoms in total. The van der Waals surface area contributed by atoms with Gasteiger partial charge in [0.15, 0.2) is 0 Å². The van der Waals surface area contributed by atoms with E-state index >= 15 is 0 Å². The molecule has 0 aliphatic rings. The molecule has 0 aromatic carbocycles. The zero-order valence-electron chi connectivity index (χ0n) is 16.1. The van der Waals surface area contributed by atoms with E-state index in [1.54, 1.807) is 0 Å². The fourth-order valence-electron chi connectivity index (χ4n) is 2.19. The summed E-state index contributed by atoms with van der Waals surface area (Å²) in [6.45, 7) is 2.79. The molecule has 3 N–H and O–H groups in total. The molecule has 10 heteroatoms. The Morgan fingerprint density at radius 3 is 1.52 bits per heavy atom. The van der Waals surface area contributed by atoms with Crippen LogP contribution in [-0.2, 0) is 19.6 Å². The lowest BCUT2D eigenvalue weighted by Gasteiger charge is -2.04. The van der Waals surface area contributed by atoms with Gasteiger partial charge in [0.25, 0.3) is 0 Å². The average Bonchev–Trinajstić information content (AvgIpc) is 2.57. The molecule has 0 aliphatic carbocycles. The molecule has 0 heterocycles. The third-order valence-corrected chi connectivity index (χ3v) is 4.31. The molecule has 0 rings (SSSR count). The van der Waals surface area contributed by atoms with E-state index in [1.807, 2.05) is 0 Å². The first kappa shape index (κ1) is 28.3. The second-order valence-electron chi connectivity index (χ2n) is 6.23. The van der Waals surface area contributed by atoms with E-state index < -0.39 is 15.6 Å². The summed E-state index contributed by atoms with van der Waals surface area (Å²) in [6, 6.07) is 0. The fourth-order valence-corrected chi connectivity index (χ4v) is 2.19. The summed E-state index contributed by atoms with van der Waals surface area (Å²) in [6.07, 6.45) is 15.8. The van der Waals surface area contributed by atoms with Gasteiger partial charge in [0, 0.05) is 0 Å². The smallest absolute Gasteiger partial charge is 0.465 e. The topological polar surface area (TPSA) is 107 Å². The third-order valence-electron chi connectivity index (χ3n) is 3.72. The monoisotopic (exact) mass is 421 g/mol. The van der Waals surface area contributed by atoms with Crippen LogP contribution in [-0.4, -0.2) is 37.6 Å². The Labute approximate surface area is 160 Å². The van der Waals surface area contributed by atoms with Gasteiger partial charge in [0.1, 0.15) is 0 Å². The molecule has 0 amide bonds. The maximum atomic E-state index is 10.8. The van der Waals surface area contributed by atoms with Crippen molar-refractivity contribution < 1.29 is 35.7 Å². The van der Waals surface area contributed by atoms with Gasteiger partial charge in [-0.2, -0.15) is 21.6 Å². The van der Waals surface area contributed by atoms with Crippen LogP contribution in [0.25, 0.3) is 0 Å². The van der Waals surface area contributed by atoms with Gasteiger partial charge in [-0.3, -0.25) is 9.35 Å². The van der Waals surface area contributed by atoms with Crippen molar-refractivity contribution in [2.24, 2.45) is 5.73 Å². The van der Waals surface area contributed by atoms with E-state index in [0.717, 1.165) is 12.8 Å². The molecule has 0 spiro atoms. The van der Waals surface area contributed by atoms with Gasteiger partial charge in [-0.05, 0) is 6.42 Å². The standard InChI is InChI=1S/C16H33NO2.CHF3O3S/c1-2-3-4-5-6-7-8-9-10-11-12-13-14-19-16(18)15-17;2-1(3,4)8(5,6)7/h2-15,17H2,1H3;(H,5,6,7).